The molecule has 0 bridgehead atoms. The lowest BCUT2D eigenvalue weighted by Crippen LogP contribution is -2.36. The molecule has 1 amide bonds. The third-order valence-electron chi connectivity index (χ3n) is 3.15. The van der Waals surface area contributed by atoms with Crippen LogP contribution in [0.4, 0.5) is 0 Å². The van der Waals surface area contributed by atoms with E-state index in [1.165, 1.54) is 0 Å². The van der Waals surface area contributed by atoms with Gasteiger partial charge in [-0.2, -0.15) is 0 Å². The zero-order chi connectivity index (χ0) is 15.0. The van der Waals surface area contributed by atoms with Gasteiger partial charge in [-0.15, -0.1) is 0 Å². The van der Waals surface area contributed by atoms with E-state index in [1.54, 1.807) is 4.90 Å². The van der Waals surface area contributed by atoms with Gasteiger partial charge in [-0.25, -0.2) is 0 Å². The topological polar surface area (TPSA) is 41.6 Å². The molecule has 0 aliphatic carbocycles. The van der Waals surface area contributed by atoms with E-state index in [2.05, 4.69) is 5.32 Å². The Morgan fingerprint density at radius 2 is 1.95 bits per heavy atom. The van der Waals surface area contributed by atoms with Crippen molar-refractivity contribution in [1.29, 1.82) is 0 Å². The van der Waals surface area contributed by atoms with Crippen molar-refractivity contribution in [2.24, 2.45) is 5.92 Å². The Bertz CT molecular complexity index is 403. The number of rotatable bonds is 8. The fraction of sp³-hybridized carbons (Fsp3) is 0.562. The standard InChI is InChI=1S/C16H26N2O2/c1-5-17-11-13(3)16(19)18(4)12-14-7-9-15(10-8-14)20-6-2/h7-10,13,17H,5-6,11-12H2,1-4H3. The maximum atomic E-state index is 12.2. The van der Waals surface area contributed by atoms with E-state index in [4.69, 9.17) is 4.74 Å². The van der Waals surface area contributed by atoms with Crippen LogP contribution in [0.3, 0.4) is 0 Å². The number of hydrogen-bond acceptors (Lipinski definition) is 3. The van der Waals surface area contributed by atoms with Crippen LogP contribution in [-0.4, -0.2) is 37.6 Å². The molecule has 1 aromatic carbocycles. The van der Waals surface area contributed by atoms with Gasteiger partial charge in [0.15, 0.2) is 0 Å². The molecule has 20 heavy (non-hydrogen) atoms. The SMILES string of the molecule is CCNCC(C)C(=O)N(C)Cc1ccc(OCC)cc1. The molecule has 0 aromatic heterocycles. The monoisotopic (exact) mass is 278 g/mol. The fourth-order valence-electron chi connectivity index (χ4n) is 2.03. The lowest BCUT2D eigenvalue weighted by molar-refractivity contribution is -0.134. The van der Waals surface area contributed by atoms with E-state index in [-0.39, 0.29) is 11.8 Å². The van der Waals surface area contributed by atoms with E-state index in [1.807, 2.05) is 52.1 Å². The summed E-state index contributed by atoms with van der Waals surface area (Å²) in [4.78, 5) is 14.0. The van der Waals surface area contributed by atoms with Crippen LogP contribution in [0, 0.1) is 5.92 Å². The zero-order valence-electron chi connectivity index (χ0n) is 13.0. The first-order chi connectivity index (χ1) is 9.58. The van der Waals surface area contributed by atoms with Crippen molar-refractivity contribution in [3.8, 4) is 5.75 Å². The molecule has 4 nitrogen and oxygen atoms in total. The number of ether oxygens (including phenoxy) is 1. The number of nitrogens with one attached hydrogen (secondary N) is 1. The third kappa shape index (κ3) is 5.21. The molecule has 1 atom stereocenters. The van der Waals surface area contributed by atoms with Crippen molar-refractivity contribution < 1.29 is 9.53 Å². The molecule has 4 heteroatoms. The molecule has 0 fully saturated rings. The summed E-state index contributed by atoms with van der Waals surface area (Å²) in [5.41, 5.74) is 1.11. The zero-order valence-corrected chi connectivity index (χ0v) is 13.0. The van der Waals surface area contributed by atoms with E-state index in [9.17, 15) is 4.79 Å². The summed E-state index contributed by atoms with van der Waals surface area (Å²) < 4.78 is 5.41. The minimum Gasteiger partial charge on any atom is -0.494 e. The largest absolute Gasteiger partial charge is 0.494 e. The van der Waals surface area contributed by atoms with Crippen molar-refractivity contribution in [1.82, 2.24) is 10.2 Å². The van der Waals surface area contributed by atoms with Gasteiger partial charge in [0.2, 0.25) is 5.91 Å². The van der Waals surface area contributed by atoms with E-state index < -0.39 is 0 Å². The van der Waals surface area contributed by atoms with Gasteiger partial charge in [0.05, 0.1) is 6.61 Å². The maximum Gasteiger partial charge on any atom is 0.226 e. The lowest BCUT2D eigenvalue weighted by atomic mass is 10.1. The molecule has 0 spiro atoms. The van der Waals surface area contributed by atoms with Crippen molar-refractivity contribution in [3.63, 3.8) is 0 Å². The van der Waals surface area contributed by atoms with Crippen molar-refractivity contribution >= 4 is 5.91 Å². The fourth-order valence-corrected chi connectivity index (χ4v) is 2.03. The first-order valence-corrected chi connectivity index (χ1v) is 7.25. The molecule has 0 radical (unpaired) electrons. The molecule has 112 valence electrons. The Balaban J connectivity index is 2.52. The summed E-state index contributed by atoms with van der Waals surface area (Å²) in [5, 5.41) is 3.21. The molecule has 1 aromatic rings. The molecule has 0 aliphatic rings. The number of carbonyl (C=O) groups excluding carboxylic acids is 1. The second kappa shape index (κ2) is 8.59. The Morgan fingerprint density at radius 1 is 1.30 bits per heavy atom. The summed E-state index contributed by atoms with van der Waals surface area (Å²) in [7, 11) is 1.85. The minimum atomic E-state index is 0.00245. The smallest absolute Gasteiger partial charge is 0.226 e. The van der Waals surface area contributed by atoms with Crippen LogP contribution >= 0.6 is 0 Å². The quantitative estimate of drug-likeness (QED) is 0.793. The van der Waals surface area contributed by atoms with Crippen LogP contribution in [0.5, 0.6) is 5.75 Å². The average Bonchev–Trinajstić information content (AvgIpc) is 2.46. The molecular weight excluding hydrogens is 252 g/mol. The Labute approximate surface area is 122 Å². The van der Waals surface area contributed by atoms with Crippen molar-refractivity contribution in [2.75, 3.05) is 26.7 Å². The van der Waals surface area contributed by atoms with Gasteiger partial charge in [-0.3, -0.25) is 4.79 Å². The summed E-state index contributed by atoms with van der Waals surface area (Å²) in [6.07, 6.45) is 0. The highest BCUT2D eigenvalue weighted by Crippen LogP contribution is 2.14. The van der Waals surface area contributed by atoms with Crippen LogP contribution in [0.25, 0.3) is 0 Å². The van der Waals surface area contributed by atoms with E-state index in [0.717, 1.165) is 24.4 Å². The lowest BCUT2D eigenvalue weighted by Gasteiger charge is -2.21. The van der Waals surface area contributed by atoms with Crippen LogP contribution in [-0.2, 0) is 11.3 Å². The highest BCUT2D eigenvalue weighted by atomic mass is 16.5. The second-order valence-corrected chi connectivity index (χ2v) is 4.98. The second-order valence-electron chi connectivity index (χ2n) is 4.98. The first kappa shape index (κ1) is 16.5. The number of benzene rings is 1. The molecule has 0 heterocycles. The molecule has 0 saturated heterocycles. The molecular formula is C16H26N2O2. The number of carbonyl (C=O) groups is 1. The van der Waals surface area contributed by atoms with Gasteiger partial charge in [0.1, 0.15) is 5.75 Å². The van der Waals surface area contributed by atoms with Crippen LogP contribution in [0.1, 0.15) is 26.3 Å². The van der Waals surface area contributed by atoms with Crippen LogP contribution in [0.2, 0.25) is 0 Å². The summed E-state index contributed by atoms with van der Waals surface area (Å²) in [6, 6.07) is 7.89. The van der Waals surface area contributed by atoms with E-state index >= 15 is 0 Å². The molecule has 1 unspecified atom stereocenters. The highest BCUT2D eigenvalue weighted by molar-refractivity contribution is 5.78. The predicted octanol–water partition coefficient (Wildman–Crippen LogP) is 2.29. The normalized spacial score (nSPS) is 12.0. The molecule has 1 rings (SSSR count). The average molecular weight is 278 g/mol. The molecule has 1 N–H and O–H groups in total. The van der Waals surface area contributed by atoms with Crippen molar-refractivity contribution in [3.05, 3.63) is 29.8 Å². The van der Waals surface area contributed by atoms with Gasteiger partial charge in [0, 0.05) is 26.1 Å². The number of amides is 1. The first-order valence-electron chi connectivity index (χ1n) is 7.25. The van der Waals surface area contributed by atoms with Crippen molar-refractivity contribution in [2.45, 2.75) is 27.3 Å². The van der Waals surface area contributed by atoms with E-state index in [0.29, 0.717) is 13.2 Å². The number of nitrogens with zero attached hydrogens (tertiary/aromatic N) is 1. The van der Waals surface area contributed by atoms with Crippen LogP contribution < -0.4 is 10.1 Å². The highest BCUT2D eigenvalue weighted by Gasteiger charge is 2.16. The summed E-state index contributed by atoms with van der Waals surface area (Å²) in [5.74, 6) is 1.04. The maximum absolute atomic E-state index is 12.2. The minimum absolute atomic E-state index is 0.00245. The molecule has 0 aliphatic heterocycles. The van der Waals surface area contributed by atoms with Gasteiger partial charge in [-0.1, -0.05) is 26.0 Å². The summed E-state index contributed by atoms with van der Waals surface area (Å²) >= 11 is 0. The Kier molecular flexibility index (Phi) is 7.09. The van der Waals surface area contributed by atoms with Gasteiger partial charge in [0.25, 0.3) is 0 Å². The van der Waals surface area contributed by atoms with Gasteiger partial charge in [-0.05, 0) is 31.2 Å². The number of hydrogen-bond donors (Lipinski definition) is 1. The Morgan fingerprint density at radius 3 is 2.50 bits per heavy atom. The third-order valence-corrected chi connectivity index (χ3v) is 3.15. The summed E-state index contributed by atoms with van der Waals surface area (Å²) in [6.45, 7) is 8.87. The van der Waals surface area contributed by atoms with Gasteiger partial charge >= 0.3 is 0 Å². The van der Waals surface area contributed by atoms with Gasteiger partial charge < -0.3 is 15.0 Å². The van der Waals surface area contributed by atoms with Crippen LogP contribution in [0.15, 0.2) is 24.3 Å². The molecule has 0 saturated carbocycles. The Hall–Kier alpha value is -1.55. The predicted molar refractivity (Wildman–Crippen MR) is 81.8 cm³/mol.